The van der Waals surface area contributed by atoms with Crippen LogP contribution in [-0.2, 0) is 6.54 Å². The smallest absolute Gasteiger partial charge is 0.0429 e. The third-order valence-corrected chi connectivity index (χ3v) is 5.19. The molecule has 116 valence electrons. The molecule has 2 saturated heterocycles. The van der Waals surface area contributed by atoms with Crippen LogP contribution >= 0.6 is 0 Å². The lowest BCUT2D eigenvalue weighted by Crippen LogP contribution is -2.33. The first-order chi connectivity index (χ1) is 10.3. The van der Waals surface area contributed by atoms with Crippen LogP contribution in [0.1, 0.15) is 38.7 Å². The molecule has 3 nitrogen and oxygen atoms in total. The van der Waals surface area contributed by atoms with E-state index in [2.05, 4.69) is 53.2 Å². The highest BCUT2D eigenvalue weighted by Gasteiger charge is 2.36. The van der Waals surface area contributed by atoms with Crippen molar-refractivity contribution >= 4 is 5.69 Å². The van der Waals surface area contributed by atoms with E-state index in [4.69, 9.17) is 0 Å². The van der Waals surface area contributed by atoms with Crippen LogP contribution in [-0.4, -0.2) is 48.1 Å². The Balaban J connectivity index is 1.63. The van der Waals surface area contributed by atoms with Crippen LogP contribution in [0.15, 0.2) is 24.3 Å². The van der Waals surface area contributed by atoms with E-state index >= 15 is 0 Å². The number of rotatable bonds is 6. The van der Waals surface area contributed by atoms with Gasteiger partial charge in [-0.15, -0.1) is 0 Å². The monoisotopic (exact) mass is 287 g/mol. The van der Waals surface area contributed by atoms with Crippen molar-refractivity contribution in [1.82, 2.24) is 9.80 Å². The van der Waals surface area contributed by atoms with Crippen molar-refractivity contribution in [2.75, 3.05) is 31.5 Å². The SMILES string of the molecule is CCN(CC)Cc1cccc(NC2CCN3CCCC23)c1. The summed E-state index contributed by atoms with van der Waals surface area (Å²) in [7, 11) is 0. The number of hydrogen-bond donors (Lipinski definition) is 1. The van der Waals surface area contributed by atoms with E-state index in [0.717, 1.165) is 25.7 Å². The van der Waals surface area contributed by atoms with Gasteiger partial charge in [-0.3, -0.25) is 9.80 Å². The van der Waals surface area contributed by atoms with Gasteiger partial charge in [-0.1, -0.05) is 26.0 Å². The van der Waals surface area contributed by atoms with E-state index in [0.29, 0.717) is 6.04 Å². The van der Waals surface area contributed by atoms with E-state index in [-0.39, 0.29) is 0 Å². The zero-order valence-electron chi connectivity index (χ0n) is 13.5. The minimum Gasteiger partial charge on any atom is -0.381 e. The summed E-state index contributed by atoms with van der Waals surface area (Å²) in [6.45, 7) is 10.4. The molecule has 0 saturated carbocycles. The maximum atomic E-state index is 3.80. The first kappa shape index (κ1) is 14.9. The Morgan fingerprint density at radius 3 is 2.86 bits per heavy atom. The van der Waals surface area contributed by atoms with Crippen LogP contribution in [0.4, 0.5) is 5.69 Å². The first-order valence-electron chi connectivity index (χ1n) is 8.62. The van der Waals surface area contributed by atoms with Crippen molar-refractivity contribution in [1.29, 1.82) is 0 Å². The number of hydrogen-bond acceptors (Lipinski definition) is 3. The Morgan fingerprint density at radius 2 is 2.05 bits per heavy atom. The summed E-state index contributed by atoms with van der Waals surface area (Å²) in [5.74, 6) is 0. The summed E-state index contributed by atoms with van der Waals surface area (Å²) in [5, 5.41) is 3.80. The molecule has 2 fully saturated rings. The average Bonchev–Trinajstić information content (AvgIpc) is 3.10. The van der Waals surface area contributed by atoms with Crippen LogP contribution < -0.4 is 5.32 Å². The molecule has 2 heterocycles. The minimum absolute atomic E-state index is 0.649. The first-order valence-corrected chi connectivity index (χ1v) is 8.62. The lowest BCUT2D eigenvalue weighted by Gasteiger charge is -2.23. The van der Waals surface area contributed by atoms with E-state index in [1.807, 2.05) is 0 Å². The summed E-state index contributed by atoms with van der Waals surface area (Å²) < 4.78 is 0. The summed E-state index contributed by atoms with van der Waals surface area (Å²) in [4.78, 5) is 5.13. The van der Waals surface area contributed by atoms with Gasteiger partial charge in [-0.2, -0.15) is 0 Å². The Bertz CT molecular complexity index is 456. The molecule has 2 atom stereocenters. The molecule has 0 aromatic heterocycles. The van der Waals surface area contributed by atoms with Crippen LogP contribution in [0.25, 0.3) is 0 Å². The van der Waals surface area contributed by atoms with Crippen molar-refractivity contribution < 1.29 is 0 Å². The van der Waals surface area contributed by atoms with Crippen LogP contribution in [0.2, 0.25) is 0 Å². The van der Waals surface area contributed by atoms with Gasteiger partial charge in [0.25, 0.3) is 0 Å². The third kappa shape index (κ3) is 3.41. The van der Waals surface area contributed by atoms with Crippen molar-refractivity contribution in [3.8, 4) is 0 Å². The van der Waals surface area contributed by atoms with E-state index in [1.54, 1.807) is 0 Å². The zero-order chi connectivity index (χ0) is 14.7. The zero-order valence-corrected chi connectivity index (χ0v) is 13.5. The molecule has 2 aliphatic heterocycles. The molecule has 0 amide bonds. The normalized spacial score (nSPS) is 25.5. The molecule has 3 rings (SSSR count). The number of benzene rings is 1. The highest BCUT2D eigenvalue weighted by molar-refractivity contribution is 5.47. The van der Waals surface area contributed by atoms with Gasteiger partial charge in [-0.25, -0.2) is 0 Å². The lowest BCUT2D eigenvalue weighted by molar-refractivity contribution is 0.296. The molecule has 1 aromatic carbocycles. The molecule has 21 heavy (non-hydrogen) atoms. The van der Waals surface area contributed by atoms with Gasteiger partial charge < -0.3 is 5.32 Å². The van der Waals surface area contributed by atoms with Crippen molar-refractivity contribution in [3.05, 3.63) is 29.8 Å². The molecule has 0 radical (unpaired) electrons. The predicted octanol–water partition coefficient (Wildman–Crippen LogP) is 3.18. The fourth-order valence-electron chi connectivity index (χ4n) is 3.93. The minimum atomic E-state index is 0.649. The number of anilines is 1. The van der Waals surface area contributed by atoms with E-state index in [9.17, 15) is 0 Å². The average molecular weight is 287 g/mol. The highest BCUT2D eigenvalue weighted by Crippen LogP contribution is 2.30. The largest absolute Gasteiger partial charge is 0.381 e. The van der Waals surface area contributed by atoms with Crippen molar-refractivity contribution in [3.63, 3.8) is 0 Å². The van der Waals surface area contributed by atoms with Gasteiger partial charge in [0.05, 0.1) is 0 Å². The van der Waals surface area contributed by atoms with Gasteiger partial charge in [0.1, 0.15) is 0 Å². The molecule has 1 N–H and O–H groups in total. The summed E-state index contributed by atoms with van der Waals surface area (Å²) in [6.07, 6.45) is 4.05. The van der Waals surface area contributed by atoms with Crippen molar-refractivity contribution in [2.24, 2.45) is 0 Å². The number of fused-ring (bicyclic) bond motifs is 1. The lowest BCUT2D eigenvalue weighted by atomic mass is 10.1. The van der Waals surface area contributed by atoms with E-state index < -0.39 is 0 Å². The second-order valence-corrected chi connectivity index (χ2v) is 6.45. The predicted molar refractivity (Wildman–Crippen MR) is 89.7 cm³/mol. The molecule has 2 aliphatic rings. The van der Waals surface area contributed by atoms with Crippen molar-refractivity contribution in [2.45, 2.75) is 51.7 Å². The Labute approximate surface area is 129 Å². The fourth-order valence-corrected chi connectivity index (χ4v) is 3.93. The molecular formula is C18H29N3. The maximum Gasteiger partial charge on any atom is 0.0429 e. The maximum absolute atomic E-state index is 3.80. The number of nitrogens with zero attached hydrogens (tertiary/aromatic N) is 2. The van der Waals surface area contributed by atoms with Gasteiger partial charge >= 0.3 is 0 Å². The highest BCUT2D eigenvalue weighted by atomic mass is 15.2. The molecule has 0 bridgehead atoms. The fraction of sp³-hybridized carbons (Fsp3) is 0.667. The van der Waals surface area contributed by atoms with E-state index in [1.165, 1.54) is 43.6 Å². The van der Waals surface area contributed by atoms with Crippen LogP contribution in [0.3, 0.4) is 0 Å². The summed E-state index contributed by atoms with van der Waals surface area (Å²) >= 11 is 0. The van der Waals surface area contributed by atoms with Gasteiger partial charge in [-0.05, 0) is 56.6 Å². The third-order valence-electron chi connectivity index (χ3n) is 5.19. The molecule has 1 aromatic rings. The molecular weight excluding hydrogens is 258 g/mol. The standard InChI is InChI=1S/C18H29N3/c1-3-20(4-2)14-15-7-5-8-16(13-15)19-17-10-12-21-11-6-9-18(17)21/h5,7-8,13,17-19H,3-4,6,9-12,14H2,1-2H3. The second-order valence-electron chi connectivity index (χ2n) is 6.45. The van der Waals surface area contributed by atoms with Gasteiger partial charge in [0.2, 0.25) is 0 Å². The van der Waals surface area contributed by atoms with Gasteiger partial charge in [0, 0.05) is 30.9 Å². The Hall–Kier alpha value is -1.06. The van der Waals surface area contributed by atoms with Crippen LogP contribution in [0, 0.1) is 0 Å². The Kier molecular flexibility index (Phi) is 4.81. The second kappa shape index (κ2) is 6.80. The van der Waals surface area contributed by atoms with Gasteiger partial charge in [0.15, 0.2) is 0 Å². The summed E-state index contributed by atoms with van der Waals surface area (Å²) in [5.41, 5.74) is 2.73. The topological polar surface area (TPSA) is 18.5 Å². The summed E-state index contributed by atoms with van der Waals surface area (Å²) in [6, 6.07) is 10.4. The Morgan fingerprint density at radius 1 is 1.19 bits per heavy atom. The number of nitrogens with one attached hydrogen (secondary N) is 1. The molecule has 3 heteroatoms. The van der Waals surface area contributed by atoms with Crippen LogP contribution in [0.5, 0.6) is 0 Å². The quantitative estimate of drug-likeness (QED) is 0.867. The molecule has 0 aliphatic carbocycles. The molecule has 2 unspecified atom stereocenters. The molecule has 0 spiro atoms.